The van der Waals surface area contributed by atoms with E-state index < -0.39 is 0 Å². The molecule has 0 aliphatic rings. The monoisotopic (exact) mass is 273 g/mol. The summed E-state index contributed by atoms with van der Waals surface area (Å²) < 4.78 is 5.16. The van der Waals surface area contributed by atoms with Gasteiger partial charge in [-0.05, 0) is 37.6 Å². The van der Waals surface area contributed by atoms with Crippen molar-refractivity contribution in [2.75, 3.05) is 0 Å². The first-order valence-electron chi connectivity index (χ1n) is 6.61. The third-order valence-electron chi connectivity index (χ3n) is 3.10. The van der Waals surface area contributed by atoms with Crippen molar-refractivity contribution in [1.82, 2.24) is 15.6 Å². The van der Waals surface area contributed by atoms with Gasteiger partial charge >= 0.3 is 0 Å². The smallest absolute Gasteiger partial charge is 0.237 e. The van der Waals surface area contributed by atoms with Crippen molar-refractivity contribution in [1.29, 1.82) is 0 Å². The number of aromatic nitrogens is 1. The third-order valence-corrected chi connectivity index (χ3v) is 3.10. The number of nitrogens with zero attached hydrogens (tertiary/aromatic N) is 1. The van der Waals surface area contributed by atoms with Gasteiger partial charge in [-0.25, -0.2) is 0 Å². The number of pyridine rings is 1. The first-order valence-corrected chi connectivity index (χ1v) is 6.61. The second-order valence-electron chi connectivity index (χ2n) is 4.67. The highest BCUT2D eigenvalue weighted by Crippen LogP contribution is 2.03. The van der Waals surface area contributed by atoms with Gasteiger partial charge in [0.1, 0.15) is 5.76 Å². The number of hydrogen-bond acceptors (Lipinski definition) is 4. The van der Waals surface area contributed by atoms with Crippen LogP contribution in [0.25, 0.3) is 0 Å². The lowest BCUT2D eigenvalue weighted by Crippen LogP contribution is -2.41. The van der Waals surface area contributed by atoms with Crippen LogP contribution in [0.15, 0.2) is 41.1 Å². The minimum Gasteiger partial charge on any atom is -0.467 e. The van der Waals surface area contributed by atoms with Crippen molar-refractivity contribution in [2.45, 2.75) is 33.0 Å². The van der Waals surface area contributed by atoms with Crippen molar-refractivity contribution >= 4 is 5.91 Å². The molecule has 0 saturated carbocycles. The molecule has 106 valence electrons. The molecule has 0 aromatic carbocycles. The number of carbonyl (C=O) groups excluding carboxylic acids is 1. The quantitative estimate of drug-likeness (QED) is 0.842. The maximum absolute atomic E-state index is 11.9. The van der Waals surface area contributed by atoms with Crippen LogP contribution in [0, 0.1) is 6.92 Å². The van der Waals surface area contributed by atoms with Gasteiger partial charge in [-0.3, -0.25) is 9.78 Å². The molecule has 0 radical (unpaired) electrons. The normalized spacial score (nSPS) is 12.1. The average Bonchev–Trinajstić information content (AvgIpc) is 2.97. The number of nitrogens with one attached hydrogen (secondary N) is 2. The fraction of sp³-hybridized carbons (Fsp3) is 0.333. The Kier molecular flexibility index (Phi) is 4.90. The van der Waals surface area contributed by atoms with Gasteiger partial charge in [0.05, 0.1) is 24.5 Å². The Balaban J connectivity index is 1.78. The zero-order valence-electron chi connectivity index (χ0n) is 11.7. The zero-order valence-corrected chi connectivity index (χ0v) is 11.7. The summed E-state index contributed by atoms with van der Waals surface area (Å²) in [5.74, 6) is 0.682. The van der Waals surface area contributed by atoms with Gasteiger partial charge in [0.15, 0.2) is 0 Å². The van der Waals surface area contributed by atoms with E-state index in [0.29, 0.717) is 13.1 Å². The largest absolute Gasteiger partial charge is 0.467 e. The van der Waals surface area contributed by atoms with Crippen molar-refractivity contribution in [3.8, 4) is 0 Å². The van der Waals surface area contributed by atoms with Gasteiger partial charge < -0.3 is 15.1 Å². The molecular weight excluding hydrogens is 254 g/mol. The van der Waals surface area contributed by atoms with E-state index in [4.69, 9.17) is 4.42 Å². The predicted octanol–water partition coefficient (Wildman–Crippen LogP) is 1.78. The van der Waals surface area contributed by atoms with Crippen LogP contribution in [0.1, 0.15) is 23.9 Å². The van der Waals surface area contributed by atoms with Gasteiger partial charge in [-0.1, -0.05) is 6.07 Å². The molecule has 1 unspecified atom stereocenters. The summed E-state index contributed by atoms with van der Waals surface area (Å²) in [5, 5.41) is 5.98. The molecule has 0 fully saturated rings. The topological polar surface area (TPSA) is 67.2 Å². The van der Waals surface area contributed by atoms with E-state index in [1.54, 1.807) is 18.5 Å². The Labute approximate surface area is 118 Å². The van der Waals surface area contributed by atoms with Gasteiger partial charge in [0, 0.05) is 12.7 Å². The van der Waals surface area contributed by atoms with Crippen LogP contribution >= 0.6 is 0 Å². The Morgan fingerprint density at radius 1 is 1.35 bits per heavy atom. The fourth-order valence-corrected chi connectivity index (χ4v) is 1.79. The number of hydrogen-bond donors (Lipinski definition) is 2. The molecule has 0 spiro atoms. The third kappa shape index (κ3) is 3.93. The molecule has 2 heterocycles. The summed E-state index contributed by atoms with van der Waals surface area (Å²) in [6.07, 6.45) is 3.35. The Morgan fingerprint density at radius 3 is 2.90 bits per heavy atom. The highest BCUT2D eigenvalue weighted by Gasteiger charge is 2.12. The predicted molar refractivity (Wildman–Crippen MR) is 75.8 cm³/mol. The highest BCUT2D eigenvalue weighted by molar-refractivity contribution is 5.81. The van der Waals surface area contributed by atoms with Crippen LogP contribution in [0.3, 0.4) is 0 Å². The second kappa shape index (κ2) is 6.86. The summed E-state index contributed by atoms with van der Waals surface area (Å²) in [4.78, 5) is 16.2. The van der Waals surface area contributed by atoms with Gasteiger partial charge in [0.2, 0.25) is 5.91 Å². The Hall–Kier alpha value is -2.14. The number of furan rings is 1. The Morgan fingerprint density at radius 2 is 2.20 bits per heavy atom. The number of aryl methyl sites for hydroxylation is 1. The standard InChI is InChI=1S/C15H19N3O2/c1-11-5-3-7-16-14(11)10-17-12(2)15(19)18-9-13-6-4-8-20-13/h3-8,12,17H,9-10H2,1-2H3,(H,18,19). The van der Waals surface area contributed by atoms with Crippen LogP contribution in [0.4, 0.5) is 0 Å². The van der Waals surface area contributed by atoms with Crippen molar-refractivity contribution in [3.05, 3.63) is 53.7 Å². The van der Waals surface area contributed by atoms with Crippen LogP contribution in [-0.4, -0.2) is 16.9 Å². The molecule has 0 aliphatic carbocycles. The SMILES string of the molecule is Cc1cccnc1CNC(C)C(=O)NCc1ccco1. The van der Waals surface area contributed by atoms with Crippen molar-refractivity contribution in [2.24, 2.45) is 0 Å². The van der Waals surface area contributed by atoms with Crippen LogP contribution < -0.4 is 10.6 Å². The molecule has 0 bridgehead atoms. The van der Waals surface area contributed by atoms with Gasteiger partial charge in [0.25, 0.3) is 0 Å². The highest BCUT2D eigenvalue weighted by atomic mass is 16.3. The molecule has 5 nitrogen and oxygen atoms in total. The lowest BCUT2D eigenvalue weighted by molar-refractivity contribution is -0.123. The van der Waals surface area contributed by atoms with E-state index in [9.17, 15) is 4.79 Å². The van der Waals surface area contributed by atoms with Crippen molar-refractivity contribution < 1.29 is 9.21 Å². The van der Waals surface area contributed by atoms with Crippen molar-refractivity contribution in [3.63, 3.8) is 0 Å². The molecule has 20 heavy (non-hydrogen) atoms. The summed E-state index contributed by atoms with van der Waals surface area (Å²) >= 11 is 0. The lowest BCUT2D eigenvalue weighted by atomic mass is 10.2. The molecule has 0 saturated heterocycles. The maximum atomic E-state index is 11.9. The molecule has 2 aromatic rings. The number of amides is 1. The molecule has 5 heteroatoms. The van der Waals surface area contributed by atoms with Gasteiger partial charge in [-0.15, -0.1) is 0 Å². The summed E-state index contributed by atoms with van der Waals surface area (Å²) in [5.41, 5.74) is 2.07. The molecule has 2 rings (SSSR count). The van der Waals surface area contributed by atoms with Gasteiger partial charge in [-0.2, -0.15) is 0 Å². The average molecular weight is 273 g/mol. The lowest BCUT2D eigenvalue weighted by Gasteiger charge is -2.14. The molecule has 2 aromatic heterocycles. The molecule has 0 aliphatic heterocycles. The number of rotatable bonds is 6. The van der Waals surface area contributed by atoms with Crippen LogP contribution in [-0.2, 0) is 17.9 Å². The first-order chi connectivity index (χ1) is 9.66. The number of carbonyl (C=O) groups is 1. The molecule has 2 N–H and O–H groups in total. The Bertz CT molecular complexity index is 552. The van der Waals surface area contributed by atoms with E-state index in [0.717, 1.165) is 17.0 Å². The van der Waals surface area contributed by atoms with Crippen LogP contribution in [0.2, 0.25) is 0 Å². The molecular formula is C15H19N3O2. The van der Waals surface area contributed by atoms with E-state index in [2.05, 4.69) is 15.6 Å². The zero-order chi connectivity index (χ0) is 14.4. The summed E-state index contributed by atoms with van der Waals surface area (Å²) in [6.45, 7) is 4.81. The second-order valence-corrected chi connectivity index (χ2v) is 4.67. The first kappa shape index (κ1) is 14.3. The van der Waals surface area contributed by atoms with E-state index in [1.165, 1.54) is 0 Å². The minimum atomic E-state index is -0.286. The van der Waals surface area contributed by atoms with E-state index in [-0.39, 0.29) is 11.9 Å². The maximum Gasteiger partial charge on any atom is 0.237 e. The molecule has 1 amide bonds. The molecule has 1 atom stereocenters. The minimum absolute atomic E-state index is 0.0602. The van der Waals surface area contributed by atoms with Crippen LogP contribution in [0.5, 0.6) is 0 Å². The summed E-state index contributed by atoms with van der Waals surface area (Å²) in [6, 6.07) is 7.25. The summed E-state index contributed by atoms with van der Waals surface area (Å²) in [7, 11) is 0. The van der Waals surface area contributed by atoms with E-state index in [1.807, 2.05) is 32.0 Å². The fourth-order valence-electron chi connectivity index (χ4n) is 1.79. The van der Waals surface area contributed by atoms with E-state index >= 15 is 0 Å².